The van der Waals surface area contributed by atoms with Crippen LogP contribution in [0.3, 0.4) is 0 Å². The van der Waals surface area contributed by atoms with E-state index in [4.69, 9.17) is 5.73 Å². The van der Waals surface area contributed by atoms with Gasteiger partial charge in [0.15, 0.2) is 0 Å². The van der Waals surface area contributed by atoms with Gasteiger partial charge in [0.1, 0.15) is 18.7 Å². The molecule has 3 unspecified atom stereocenters. The third-order valence-electron chi connectivity index (χ3n) is 12.6. The van der Waals surface area contributed by atoms with Crippen LogP contribution in [0.25, 0.3) is 0 Å². The van der Waals surface area contributed by atoms with Crippen LogP contribution < -0.4 is 21.7 Å². The van der Waals surface area contributed by atoms with Gasteiger partial charge < -0.3 is 25.8 Å². The van der Waals surface area contributed by atoms with Crippen LogP contribution in [0.1, 0.15) is 71.1 Å². The van der Waals surface area contributed by atoms with Crippen LogP contribution in [0.4, 0.5) is 11.4 Å². The van der Waals surface area contributed by atoms with Crippen molar-refractivity contribution in [3.05, 3.63) is 172 Å². The third kappa shape index (κ3) is 17.3. The van der Waals surface area contributed by atoms with E-state index in [1.165, 1.54) is 80.5 Å². The van der Waals surface area contributed by atoms with E-state index in [1.807, 2.05) is 59.8 Å². The fourth-order valence-corrected chi connectivity index (χ4v) is 12.1. The van der Waals surface area contributed by atoms with E-state index >= 15 is 0 Å². The average molecular weight is 977 g/mol. The van der Waals surface area contributed by atoms with Crippen LogP contribution in [0.2, 0.25) is 0 Å². The quantitative estimate of drug-likeness (QED) is 0.0435. The van der Waals surface area contributed by atoms with Crippen LogP contribution in [-0.2, 0) is 17.3 Å². The summed E-state index contributed by atoms with van der Waals surface area (Å²) >= 11 is 2.02. The van der Waals surface area contributed by atoms with E-state index < -0.39 is 8.07 Å². The zero-order chi connectivity index (χ0) is 44.5. The summed E-state index contributed by atoms with van der Waals surface area (Å²) in [6.45, 7) is 12.7. The summed E-state index contributed by atoms with van der Waals surface area (Å²) in [5, 5.41) is 6.44. The molecule has 5 aliphatic rings. The topological polar surface area (TPSA) is 51.0 Å². The van der Waals surface area contributed by atoms with Gasteiger partial charge in [-0.2, -0.15) is 4.67 Å². The number of anilines is 2. The van der Waals surface area contributed by atoms with E-state index in [0.29, 0.717) is 18.4 Å². The molecule has 2 aliphatic carbocycles. The van der Waals surface area contributed by atoms with E-state index in [-0.39, 0.29) is 0 Å². The molecule has 2 saturated carbocycles. The van der Waals surface area contributed by atoms with Crippen LogP contribution in [0.5, 0.6) is 0 Å². The summed E-state index contributed by atoms with van der Waals surface area (Å²) in [6.07, 6.45) is 28.4. The molecule has 9 heteroatoms. The monoisotopic (exact) mass is 975 g/mol. The number of hydrogen-bond donors (Lipinski definition) is 2. The zero-order valence-electron chi connectivity index (χ0n) is 37.7. The molecule has 4 aromatic rings. The minimum absolute atomic E-state index is 0.371. The Balaban J connectivity index is 0.000000177. The van der Waals surface area contributed by atoms with Crippen molar-refractivity contribution in [3.63, 3.8) is 0 Å². The predicted molar refractivity (Wildman–Crippen MR) is 272 cm³/mol. The Hall–Kier alpha value is -3.12. The summed E-state index contributed by atoms with van der Waals surface area (Å²) in [5.74, 6) is 1.68. The second-order valence-electron chi connectivity index (χ2n) is 17.2. The van der Waals surface area contributed by atoms with Crippen LogP contribution in [-0.4, -0.2) is 77.0 Å². The maximum absolute atomic E-state index is 5.36. The van der Waals surface area contributed by atoms with Crippen molar-refractivity contribution in [2.24, 2.45) is 11.8 Å². The first-order valence-corrected chi connectivity index (χ1v) is 26.9. The number of nitrogens with zero attached hydrogens (tertiary/aromatic N) is 4. The standard InChI is InChI=1S/C22H27N4P.C16H23N.C10H16.C6H7N.ClH.Rh/c1-23-12-13-24-14-15-25-16-17-26(22(25)18-21(23)24)27(19-8-4-2-5-9-19)20-10-6-3-7-11-20;1-14(17-16-10-6-3-7-11-16)12-13-15-8-4-2-5-9-15;1-2-3-7-10-8-5-4-6-9-10;7-6-4-2-1-3-5-6;;/h2-11,18,21-22H,1,12-17H2;3,6-7,10-15,17H,2,4-5,8-9H2,1H3;2-3,7,10H,1,4-6,8-9H2;1-5H,7H2;1H;/q-2;;;;;+3/b;13-12+;7-3+;;;. The summed E-state index contributed by atoms with van der Waals surface area (Å²) in [4.78, 5) is 7.51. The van der Waals surface area contributed by atoms with Gasteiger partial charge in [0, 0.05) is 50.1 Å². The third-order valence-corrected chi connectivity index (χ3v) is 15.4. The van der Waals surface area contributed by atoms with E-state index in [9.17, 15) is 0 Å². The number of nitrogens with one attached hydrogen (secondary N) is 1. The Morgan fingerprint density at radius 2 is 1.13 bits per heavy atom. The number of allylic oxidation sites excluding steroid dienone is 4. The molecular formula is C54H74ClN6PRh+. The second-order valence-corrected chi connectivity index (χ2v) is 19.6. The normalized spacial score (nSPS) is 21.5. The van der Waals surface area contributed by atoms with E-state index in [2.05, 4.69) is 171 Å². The first kappa shape index (κ1) is 50.9. The Labute approximate surface area is 397 Å². The summed E-state index contributed by atoms with van der Waals surface area (Å²) < 4.78 is 2.78. The Bertz CT molecular complexity index is 1800. The summed E-state index contributed by atoms with van der Waals surface area (Å²) in [6, 6.07) is 42.6. The molecule has 3 saturated heterocycles. The van der Waals surface area contributed by atoms with Gasteiger partial charge in [0.05, 0.1) is 0 Å². The second kappa shape index (κ2) is 29.4. The van der Waals surface area contributed by atoms with Crippen molar-refractivity contribution in [1.29, 1.82) is 0 Å². The van der Waals surface area contributed by atoms with Gasteiger partial charge in [-0.1, -0.05) is 154 Å². The number of para-hydroxylation sites is 2. The molecule has 63 heavy (non-hydrogen) atoms. The van der Waals surface area contributed by atoms with Crippen molar-refractivity contribution in [2.75, 3.05) is 50.3 Å². The average Bonchev–Trinajstić information content (AvgIpc) is 3.85. The molecule has 4 aromatic carbocycles. The van der Waals surface area contributed by atoms with Gasteiger partial charge in [-0.05, 0) is 106 Å². The molecule has 3 heterocycles. The van der Waals surface area contributed by atoms with Crippen LogP contribution in [0, 0.1) is 25.3 Å². The van der Waals surface area contributed by atoms with E-state index in [0.717, 1.165) is 56.8 Å². The molecule has 0 bridgehead atoms. The maximum atomic E-state index is 5.36. The van der Waals surface area contributed by atoms with Gasteiger partial charge in [0.2, 0.25) is 0 Å². The predicted octanol–water partition coefficient (Wildman–Crippen LogP) is 11.6. The number of rotatable bonds is 9. The minimum atomic E-state index is -1.00. The van der Waals surface area contributed by atoms with Gasteiger partial charge in [-0.15, -0.1) is 0 Å². The Morgan fingerprint density at radius 1 is 0.667 bits per heavy atom. The molecule has 9 rings (SSSR count). The van der Waals surface area contributed by atoms with E-state index in [1.54, 1.807) is 0 Å². The molecule has 3 aliphatic heterocycles. The number of fused-ring (bicyclic) bond motifs is 2. The molecule has 0 amide bonds. The molecule has 340 valence electrons. The van der Waals surface area contributed by atoms with Crippen LogP contribution >= 0.6 is 17.8 Å². The van der Waals surface area contributed by atoms with Crippen LogP contribution in [0.15, 0.2) is 158 Å². The number of nitrogen functional groups attached to an aromatic ring is 1. The molecule has 6 nitrogen and oxygen atoms in total. The molecule has 3 N–H and O–H groups in total. The van der Waals surface area contributed by atoms with Crippen molar-refractivity contribution in [3.8, 4) is 0 Å². The molecular weight excluding hydrogens is 902 g/mol. The van der Waals surface area contributed by atoms with Gasteiger partial charge in [0.25, 0.3) is 0 Å². The molecule has 5 fully saturated rings. The molecule has 0 radical (unpaired) electrons. The SMILES string of the molecule is C=C/C=C/C1CCCCC1.CC(/C=C/C1CCCCC1)Nc1ccccc1.Nc1ccccc1.[CH2-]N1CCN2CCN3CCN([PH+](c4ccccc4)c4ccccc4)C3[CH-]C12.[Cl][Rh+2]. The fraction of sp³-hybridized carbons (Fsp3) is 0.407. The Morgan fingerprint density at radius 3 is 1.63 bits per heavy atom. The zero-order valence-corrected chi connectivity index (χ0v) is 41.1. The summed E-state index contributed by atoms with van der Waals surface area (Å²) in [7, 11) is 7.82. The number of benzene rings is 4. The first-order chi connectivity index (χ1) is 31.0. The number of nitrogens with two attached hydrogens (primary N) is 1. The Kier molecular flexibility index (Phi) is 23.8. The number of halogens is 1. The number of hydrogen-bond acceptors (Lipinski definition) is 6. The van der Waals surface area contributed by atoms with Gasteiger partial charge in [-0.3, -0.25) is 13.5 Å². The first-order valence-electron chi connectivity index (χ1n) is 23.4. The molecule has 0 spiro atoms. The molecule has 0 aromatic heterocycles. The van der Waals surface area contributed by atoms with Crippen molar-refractivity contribution < 1.29 is 17.3 Å². The summed E-state index contributed by atoms with van der Waals surface area (Å²) in [5.41, 5.74) is 7.38. The van der Waals surface area contributed by atoms with Crippen molar-refractivity contribution in [1.82, 2.24) is 19.4 Å². The van der Waals surface area contributed by atoms with Gasteiger partial charge in [-0.25, -0.2) is 0 Å². The van der Waals surface area contributed by atoms with Gasteiger partial charge >= 0.3 is 27.0 Å². The fourth-order valence-electron chi connectivity index (χ4n) is 9.26. The van der Waals surface area contributed by atoms with Crippen molar-refractivity contribution in [2.45, 2.75) is 89.5 Å². The molecule has 3 atom stereocenters. The van der Waals surface area contributed by atoms with Crippen molar-refractivity contribution >= 4 is 39.7 Å².